The zero-order valence-electron chi connectivity index (χ0n) is 8.96. The molecule has 2 rings (SSSR count). The number of aliphatic imine (C=N–C) groups is 1. The molecule has 0 aliphatic heterocycles. The van der Waals surface area contributed by atoms with E-state index in [2.05, 4.69) is 4.99 Å². The number of isocyanates is 1. The zero-order chi connectivity index (χ0) is 11.8. The van der Waals surface area contributed by atoms with Gasteiger partial charge < -0.3 is 5.11 Å². The van der Waals surface area contributed by atoms with Crippen molar-refractivity contribution >= 4 is 6.08 Å². The van der Waals surface area contributed by atoms with E-state index in [-0.39, 0.29) is 0 Å². The number of rotatable bonds is 2. The van der Waals surface area contributed by atoms with Crippen LogP contribution in [-0.4, -0.2) is 11.2 Å². The van der Waals surface area contributed by atoms with Crippen molar-refractivity contribution in [3.05, 3.63) is 29.1 Å². The van der Waals surface area contributed by atoms with E-state index in [4.69, 9.17) is 0 Å². The summed E-state index contributed by atoms with van der Waals surface area (Å²) in [5.41, 5.74) is 0.428. The van der Waals surface area contributed by atoms with Gasteiger partial charge in [0.15, 0.2) is 11.6 Å². The first-order valence-corrected chi connectivity index (χ1v) is 5.18. The number of halogens is 1. The normalized spacial score (nSPS) is 17.4. The van der Waals surface area contributed by atoms with Gasteiger partial charge in [0, 0.05) is 5.56 Å². The highest BCUT2D eigenvalue weighted by Crippen LogP contribution is 2.49. The molecule has 3 nitrogen and oxygen atoms in total. The molecule has 0 saturated heterocycles. The van der Waals surface area contributed by atoms with Crippen LogP contribution in [0.4, 0.5) is 4.39 Å². The Balaban J connectivity index is 2.62. The molecule has 16 heavy (non-hydrogen) atoms. The summed E-state index contributed by atoms with van der Waals surface area (Å²) in [6, 6.07) is 2.80. The Morgan fingerprint density at radius 3 is 2.69 bits per heavy atom. The predicted octanol–water partition coefficient (Wildman–Crippen LogP) is 2.55. The van der Waals surface area contributed by atoms with Crippen molar-refractivity contribution < 1.29 is 14.3 Å². The predicted molar refractivity (Wildman–Crippen MR) is 56.5 cm³/mol. The van der Waals surface area contributed by atoms with Crippen LogP contribution in [0.3, 0.4) is 0 Å². The lowest BCUT2D eigenvalue weighted by Gasteiger charge is -2.38. The number of aryl methyl sites for hydroxylation is 1. The fourth-order valence-corrected chi connectivity index (χ4v) is 2.27. The highest BCUT2D eigenvalue weighted by molar-refractivity contribution is 5.49. The monoisotopic (exact) mass is 221 g/mol. The van der Waals surface area contributed by atoms with Gasteiger partial charge in [-0.25, -0.2) is 9.18 Å². The molecule has 0 spiro atoms. The van der Waals surface area contributed by atoms with Gasteiger partial charge in [0.25, 0.3) is 0 Å². The van der Waals surface area contributed by atoms with Crippen molar-refractivity contribution in [3.8, 4) is 5.75 Å². The molecule has 0 atom stereocenters. The van der Waals surface area contributed by atoms with Crippen molar-refractivity contribution in [2.45, 2.75) is 31.7 Å². The van der Waals surface area contributed by atoms with Crippen LogP contribution in [0.15, 0.2) is 17.1 Å². The van der Waals surface area contributed by atoms with Gasteiger partial charge in [0.05, 0.1) is 0 Å². The Labute approximate surface area is 92.6 Å². The molecular weight excluding hydrogens is 209 g/mol. The topological polar surface area (TPSA) is 49.7 Å². The molecule has 0 unspecified atom stereocenters. The summed E-state index contributed by atoms with van der Waals surface area (Å²) in [7, 11) is 0. The summed E-state index contributed by atoms with van der Waals surface area (Å²) < 4.78 is 13.3. The zero-order valence-corrected chi connectivity index (χ0v) is 8.96. The Bertz CT molecular complexity index is 474. The number of hydrogen-bond donors (Lipinski definition) is 1. The molecule has 0 bridgehead atoms. The Kier molecular flexibility index (Phi) is 2.52. The summed E-state index contributed by atoms with van der Waals surface area (Å²) in [5.74, 6) is -1.06. The lowest BCUT2D eigenvalue weighted by molar-refractivity contribution is 0.244. The van der Waals surface area contributed by atoms with Crippen LogP contribution in [0.2, 0.25) is 0 Å². The third kappa shape index (κ3) is 1.42. The SMILES string of the molecule is Cc1ccc(F)c(O)c1C1(N=C=O)CCC1. The van der Waals surface area contributed by atoms with Crippen LogP contribution in [0.1, 0.15) is 30.4 Å². The lowest BCUT2D eigenvalue weighted by Crippen LogP contribution is -2.33. The molecule has 1 aromatic rings. The highest BCUT2D eigenvalue weighted by Gasteiger charge is 2.42. The Hall–Kier alpha value is -1.67. The van der Waals surface area contributed by atoms with Gasteiger partial charge in [0.1, 0.15) is 5.54 Å². The average molecular weight is 221 g/mol. The molecule has 4 heteroatoms. The standard InChI is InChI=1S/C12H12FNO2/c1-8-3-4-9(13)11(16)10(8)12(14-7-15)5-2-6-12/h3-4,16H,2,5-6H2,1H3. The Morgan fingerprint density at radius 2 is 2.19 bits per heavy atom. The quantitative estimate of drug-likeness (QED) is 0.616. The maximum atomic E-state index is 13.3. The number of carbonyl (C=O) groups excluding carboxylic acids is 1. The molecule has 1 aliphatic rings. The van der Waals surface area contributed by atoms with Crippen molar-refractivity contribution in [2.75, 3.05) is 0 Å². The second kappa shape index (κ2) is 3.72. The molecule has 0 radical (unpaired) electrons. The molecule has 1 fully saturated rings. The van der Waals surface area contributed by atoms with Crippen molar-refractivity contribution in [2.24, 2.45) is 4.99 Å². The van der Waals surface area contributed by atoms with Crippen LogP contribution in [0.5, 0.6) is 5.75 Å². The summed E-state index contributed by atoms with van der Waals surface area (Å²) in [6.45, 7) is 1.77. The fourth-order valence-electron chi connectivity index (χ4n) is 2.27. The van der Waals surface area contributed by atoms with Gasteiger partial charge in [-0.15, -0.1) is 0 Å². The maximum Gasteiger partial charge on any atom is 0.235 e. The van der Waals surface area contributed by atoms with E-state index in [1.54, 1.807) is 13.0 Å². The van der Waals surface area contributed by atoms with Crippen LogP contribution < -0.4 is 0 Å². The summed E-state index contributed by atoms with van der Waals surface area (Å²) in [6.07, 6.45) is 3.75. The second-order valence-corrected chi connectivity index (χ2v) is 4.18. The molecule has 1 aromatic carbocycles. The van der Waals surface area contributed by atoms with Gasteiger partial charge >= 0.3 is 0 Å². The first-order chi connectivity index (χ1) is 7.60. The van der Waals surface area contributed by atoms with Gasteiger partial charge in [0.2, 0.25) is 6.08 Å². The number of hydrogen-bond acceptors (Lipinski definition) is 3. The number of benzene rings is 1. The smallest absolute Gasteiger partial charge is 0.235 e. The number of phenols is 1. The van der Waals surface area contributed by atoms with E-state index in [1.165, 1.54) is 12.1 Å². The molecule has 84 valence electrons. The first kappa shape index (κ1) is 10.8. The molecule has 0 heterocycles. The fraction of sp³-hybridized carbons (Fsp3) is 0.417. The molecule has 1 aliphatic carbocycles. The minimum atomic E-state index is -0.752. The van der Waals surface area contributed by atoms with E-state index < -0.39 is 17.1 Å². The maximum absolute atomic E-state index is 13.3. The molecule has 1 saturated carbocycles. The van der Waals surface area contributed by atoms with E-state index >= 15 is 0 Å². The second-order valence-electron chi connectivity index (χ2n) is 4.18. The van der Waals surface area contributed by atoms with E-state index in [9.17, 15) is 14.3 Å². The highest BCUT2D eigenvalue weighted by atomic mass is 19.1. The van der Waals surface area contributed by atoms with Gasteiger partial charge in [-0.2, -0.15) is 4.99 Å². The molecule has 1 N–H and O–H groups in total. The summed E-state index contributed by atoms with van der Waals surface area (Å²) >= 11 is 0. The van der Waals surface area contributed by atoms with Gasteiger partial charge in [-0.05, 0) is 37.8 Å². The summed E-state index contributed by atoms with van der Waals surface area (Å²) in [4.78, 5) is 14.2. The summed E-state index contributed by atoms with van der Waals surface area (Å²) in [5, 5.41) is 9.74. The van der Waals surface area contributed by atoms with E-state index in [0.29, 0.717) is 18.4 Å². The van der Waals surface area contributed by atoms with Crippen molar-refractivity contribution in [1.82, 2.24) is 0 Å². The molecule has 0 aromatic heterocycles. The van der Waals surface area contributed by atoms with Crippen molar-refractivity contribution in [3.63, 3.8) is 0 Å². The minimum absolute atomic E-state index is 0.390. The van der Waals surface area contributed by atoms with E-state index in [0.717, 1.165) is 12.0 Å². The first-order valence-electron chi connectivity index (χ1n) is 5.18. The van der Waals surface area contributed by atoms with Crippen LogP contribution in [0, 0.1) is 12.7 Å². The third-order valence-corrected chi connectivity index (χ3v) is 3.24. The minimum Gasteiger partial charge on any atom is -0.505 e. The van der Waals surface area contributed by atoms with E-state index in [1.807, 2.05) is 0 Å². The number of nitrogens with zero attached hydrogens (tertiary/aromatic N) is 1. The van der Waals surface area contributed by atoms with Crippen LogP contribution in [-0.2, 0) is 10.3 Å². The van der Waals surface area contributed by atoms with Gasteiger partial charge in [-0.1, -0.05) is 6.07 Å². The number of phenolic OH excluding ortho intramolecular Hbond substituents is 1. The third-order valence-electron chi connectivity index (χ3n) is 3.24. The van der Waals surface area contributed by atoms with Crippen molar-refractivity contribution in [1.29, 1.82) is 0 Å². The van der Waals surface area contributed by atoms with Crippen LogP contribution >= 0.6 is 0 Å². The average Bonchev–Trinajstić information content (AvgIpc) is 2.20. The largest absolute Gasteiger partial charge is 0.505 e. The van der Waals surface area contributed by atoms with Crippen LogP contribution in [0.25, 0.3) is 0 Å². The lowest BCUT2D eigenvalue weighted by atomic mass is 9.70. The molecular formula is C12H12FNO2. The molecule has 0 amide bonds. The number of aromatic hydroxyl groups is 1. The Morgan fingerprint density at radius 1 is 1.50 bits per heavy atom. The van der Waals surface area contributed by atoms with Gasteiger partial charge in [-0.3, -0.25) is 0 Å².